The zero-order valence-corrected chi connectivity index (χ0v) is 9.52. The molecule has 13 heavy (non-hydrogen) atoms. The molecular weight excluding hydrogens is 164 g/mol. The largest absolute Gasteiger partial charge is 0.412 e. The van der Waals surface area contributed by atoms with Crippen LogP contribution < -0.4 is 5.73 Å². The van der Waals surface area contributed by atoms with Crippen molar-refractivity contribution >= 4 is 0 Å². The first-order valence-corrected chi connectivity index (χ1v) is 4.75. The predicted molar refractivity (Wildman–Crippen MR) is 56.7 cm³/mol. The second-order valence-electron chi connectivity index (χ2n) is 5.35. The van der Waals surface area contributed by atoms with E-state index in [1.807, 2.05) is 0 Å². The minimum absolute atomic E-state index is 0. The minimum Gasteiger partial charge on any atom is -0.412 e. The Kier molecular flexibility index (Phi) is 3.53. The van der Waals surface area contributed by atoms with E-state index in [4.69, 9.17) is 5.73 Å². The summed E-state index contributed by atoms with van der Waals surface area (Å²) in [5.74, 6) is 0. The number of nitrogens with zero attached hydrogens (tertiary/aromatic N) is 1. The van der Waals surface area contributed by atoms with Gasteiger partial charge < -0.3 is 11.2 Å². The SMILES string of the molecule is CN1C(C)(C)CC(N)CC1(C)C.O. The highest BCUT2D eigenvalue weighted by Gasteiger charge is 2.41. The maximum atomic E-state index is 6.02. The highest BCUT2D eigenvalue weighted by Crippen LogP contribution is 2.35. The van der Waals surface area contributed by atoms with Gasteiger partial charge in [0.25, 0.3) is 0 Å². The first-order chi connectivity index (χ1) is 5.26. The third-order valence-electron chi connectivity index (χ3n) is 3.34. The fourth-order valence-corrected chi connectivity index (χ4v) is 2.45. The van der Waals surface area contributed by atoms with Crippen molar-refractivity contribution in [2.45, 2.75) is 57.7 Å². The molecule has 0 aromatic carbocycles. The third-order valence-corrected chi connectivity index (χ3v) is 3.34. The maximum Gasteiger partial charge on any atom is 0.0170 e. The van der Waals surface area contributed by atoms with E-state index in [1.54, 1.807) is 0 Å². The highest BCUT2D eigenvalue weighted by atomic mass is 16.0. The normalized spacial score (nSPS) is 28.2. The van der Waals surface area contributed by atoms with Gasteiger partial charge in [-0.2, -0.15) is 0 Å². The summed E-state index contributed by atoms with van der Waals surface area (Å²) >= 11 is 0. The van der Waals surface area contributed by atoms with Gasteiger partial charge in [-0.15, -0.1) is 0 Å². The topological polar surface area (TPSA) is 60.8 Å². The molecule has 1 aliphatic heterocycles. The van der Waals surface area contributed by atoms with Crippen molar-refractivity contribution in [3.05, 3.63) is 0 Å². The molecule has 0 aromatic rings. The molecule has 4 N–H and O–H groups in total. The average molecular weight is 188 g/mol. The van der Waals surface area contributed by atoms with E-state index in [1.165, 1.54) is 0 Å². The van der Waals surface area contributed by atoms with Crippen LogP contribution in [0.1, 0.15) is 40.5 Å². The van der Waals surface area contributed by atoms with E-state index >= 15 is 0 Å². The average Bonchev–Trinajstić information content (AvgIpc) is 1.80. The Balaban J connectivity index is 0.00000144. The van der Waals surface area contributed by atoms with Crippen LogP contribution in [0.25, 0.3) is 0 Å². The molecule has 1 saturated heterocycles. The number of piperidine rings is 1. The molecule has 1 aliphatic rings. The molecule has 3 heteroatoms. The molecule has 0 amide bonds. The molecule has 0 saturated carbocycles. The van der Waals surface area contributed by atoms with Crippen molar-refractivity contribution in [2.75, 3.05) is 7.05 Å². The van der Waals surface area contributed by atoms with Crippen LogP contribution in [0.2, 0.25) is 0 Å². The molecule has 0 spiro atoms. The van der Waals surface area contributed by atoms with Crippen molar-refractivity contribution in [1.29, 1.82) is 0 Å². The zero-order valence-electron chi connectivity index (χ0n) is 9.52. The van der Waals surface area contributed by atoms with Gasteiger partial charge in [-0.1, -0.05) is 0 Å². The van der Waals surface area contributed by atoms with Crippen LogP contribution >= 0.6 is 0 Å². The summed E-state index contributed by atoms with van der Waals surface area (Å²) in [4.78, 5) is 2.45. The Labute approximate surface area is 81.6 Å². The molecule has 80 valence electrons. The number of hydrogen-bond donors (Lipinski definition) is 1. The second kappa shape index (κ2) is 3.56. The van der Waals surface area contributed by atoms with Crippen LogP contribution in [-0.2, 0) is 0 Å². The van der Waals surface area contributed by atoms with E-state index in [0.717, 1.165) is 12.8 Å². The van der Waals surface area contributed by atoms with Gasteiger partial charge in [0, 0.05) is 17.1 Å². The molecule has 3 nitrogen and oxygen atoms in total. The van der Waals surface area contributed by atoms with Gasteiger partial charge in [0.05, 0.1) is 0 Å². The number of hydrogen-bond acceptors (Lipinski definition) is 2. The summed E-state index contributed by atoms with van der Waals surface area (Å²) < 4.78 is 0. The highest BCUT2D eigenvalue weighted by molar-refractivity contribution is 4.99. The van der Waals surface area contributed by atoms with Crippen LogP contribution in [-0.4, -0.2) is 34.5 Å². The minimum atomic E-state index is 0. The molecule has 0 aromatic heterocycles. The summed E-state index contributed by atoms with van der Waals surface area (Å²) in [6.07, 6.45) is 2.21. The smallest absolute Gasteiger partial charge is 0.0170 e. The summed E-state index contributed by atoms with van der Waals surface area (Å²) in [7, 11) is 2.20. The van der Waals surface area contributed by atoms with Gasteiger partial charge in [-0.05, 0) is 47.6 Å². The van der Waals surface area contributed by atoms with Gasteiger partial charge in [0.15, 0.2) is 0 Å². The number of rotatable bonds is 0. The lowest BCUT2D eigenvalue weighted by Crippen LogP contribution is -2.61. The second-order valence-corrected chi connectivity index (χ2v) is 5.35. The van der Waals surface area contributed by atoms with Crippen LogP contribution in [0, 0.1) is 0 Å². The molecule has 0 radical (unpaired) electrons. The predicted octanol–water partition coefficient (Wildman–Crippen LogP) is 0.772. The standard InChI is InChI=1S/C10H22N2.H2O/c1-9(2)6-8(11)7-10(3,4)12(9)5;/h8H,6-7,11H2,1-5H3;1H2. The van der Waals surface area contributed by atoms with Crippen molar-refractivity contribution in [1.82, 2.24) is 4.90 Å². The number of nitrogens with two attached hydrogens (primary N) is 1. The van der Waals surface area contributed by atoms with Crippen LogP contribution in [0.5, 0.6) is 0 Å². The lowest BCUT2D eigenvalue weighted by molar-refractivity contribution is -0.0111. The Hall–Kier alpha value is -0.120. The Bertz CT molecular complexity index is 160. The summed E-state index contributed by atoms with van der Waals surface area (Å²) in [6, 6.07) is 0.367. The Morgan fingerprint density at radius 2 is 1.38 bits per heavy atom. The van der Waals surface area contributed by atoms with Crippen molar-refractivity contribution in [2.24, 2.45) is 5.73 Å². The van der Waals surface area contributed by atoms with Gasteiger partial charge in [0.2, 0.25) is 0 Å². The van der Waals surface area contributed by atoms with E-state index in [-0.39, 0.29) is 16.6 Å². The first-order valence-electron chi connectivity index (χ1n) is 4.75. The monoisotopic (exact) mass is 188 g/mol. The van der Waals surface area contributed by atoms with Crippen LogP contribution in [0.4, 0.5) is 0 Å². The van der Waals surface area contributed by atoms with E-state index in [2.05, 4.69) is 39.6 Å². The molecule has 0 atom stereocenters. The lowest BCUT2D eigenvalue weighted by atomic mass is 9.78. The summed E-state index contributed by atoms with van der Waals surface area (Å²) in [5, 5.41) is 0. The molecule has 1 rings (SSSR count). The fraction of sp³-hybridized carbons (Fsp3) is 1.00. The van der Waals surface area contributed by atoms with E-state index in [0.29, 0.717) is 6.04 Å². The van der Waals surface area contributed by atoms with Gasteiger partial charge in [0.1, 0.15) is 0 Å². The van der Waals surface area contributed by atoms with E-state index < -0.39 is 0 Å². The Morgan fingerprint density at radius 3 is 1.69 bits per heavy atom. The quantitative estimate of drug-likeness (QED) is 0.610. The molecular formula is C10H24N2O. The van der Waals surface area contributed by atoms with Gasteiger partial charge >= 0.3 is 0 Å². The van der Waals surface area contributed by atoms with Crippen LogP contribution in [0.3, 0.4) is 0 Å². The molecule has 0 aliphatic carbocycles. The molecule has 0 bridgehead atoms. The van der Waals surface area contributed by atoms with Gasteiger partial charge in [-0.3, -0.25) is 4.90 Å². The molecule has 1 fully saturated rings. The van der Waals surface area contributed by atoms with Crippen LogP contribution in [0.15, 0.2) is 0 Å². The number of likely N-dealkylation sites (tertiary alicyclic amines) is 1. The van der Waals surface area contributed by atoms with Crippen molar-refractivity contribution in [3.8, 4) is 0 Å². The fourth-order valence-electron chi connectivity index (χ4n) is 2.45. The van der Waals surface area contributed by atoms with Gasteiger partial charge in [-0.25, -0.2) is 0 Å². The summed E-state index contributed by atoms with van der Waals surface area (Å²) in [5.41, 5.74) is 6.52. The van der Waals surface area contributed by atoms with Crippen molar-refractivity contribution < 1.29 is 5.48 Å². The van der Waals surface area contributed by atoms with Crippen molar-refractivity contribution in [3.63, 3.8) is 0 Å². The third kappa shape index (κ3) is 2.42. The lowest BCUT2D eigenvalue weighted by Gasteiger charge is -2.53. The zero-order chi connectivity index (χ0) is 9.57. The Morgan fingerprint density at radius 1 is 1.08 bits per heavy atom. The van der Waals surface area contributed by atoms with E-state index in [9.17, 15) is 0 Å². The maximum absolute atomic E-state index is 6.02. The molecule has 1 heterocycles. The molecule has 0 unspecified atom stereocenters. The summed E-state index contributed by atoms with van der Waals surface area (Å²) in [6.45, 7) is 9.09. The first kappa shape index (κ1) is 12.9.